The third-order valence-corrected chi connectivity index (χ3v) is 7.17. The van der Waals surface area contributed by atoms with Crippen LogP contribution in [-0.2, 0) is 28.5 Å². The number of ether oxygens (including phenoxy) is 1. The second-order valence-electron chi connectivity index (χ2n) is 10.5. The number of anilines is 1. The molecular weight excluding hydrogens is 456 g/mol. The maximum atomic E-state index is 12.8. The van der Waals surface area contributed by atoms with Gasteiger partial charge in [0, 0.05) is 12.1 Å². The summed E-state index contributed by atoms with van der Waals surface area (Å²) in [6, 6.07) is 17.8. The van der Waals surface area contributed by atoms with Crippen molar-refractivity contribution in [1.29, 1.82) is 0 Å². The third kappa shape index (κ3) is 6.12. The molecule has 0 fully saturated rings. The number of fused-ring (bicyclic) bond motifs is 1. The summed E-state index contributed by atoms with van der Waals surface area (Å²) in [7, 11) is 0. The molecule has 0 radical (unpaired) electrons. The Hall–Kier alpha value is -3.12. The molecule has 5 nitrogen and oxygen atoms in total. The SMILES string of the molecule is CC1(C)CCC(C)(C)c2cc(C(=O)OCCc3ccc(NC(=S)NCc4ccco4)cc3)ccc21. The highest BCUT2D eigenvalue weighted by Gasteiger charge is 2.37. The highest BCUT2D eigenvalue weighted by atomic mass is 32.1. The zero-order chi connectivity index (χ0) is 25.1. The summed E-state index contributed by atoms with van der Waals surface area (Å²) >= 11 is 5.33. The van der Waals surface area contributed by atoms with Crippen LogP contribution in [0.2, 0.25) is 0 Å². The normalized spacial score (nSPS) is 15.7. The van der Waals surface area contributed by atoms with Crippen molar-refractivity contribution in [3.8, 4) is 0 Å². The van der Waals surface area contributed by atoms with Crippen LogP contribution in [0.4, 0.5) is 5.69 Å². The van der Waals surface area contributed by atoms with Gasteiger partial charge in [-0.2, -0.15) is 0 Å². The van der Waals surface area contributed by atoms with Gasteiger partial charge in [-0.05, 0) is 89.0 Å². The fourth-order valence-corrected chi connectivity index (χ4v) is 4.76. The Morgan fingerprint density at radius 2 is 1.71 bits per heavy atom. The molecule has 1 aliphatic rings. The summed E-state index contributed by atoms with van der Waals surface area (Å²) in [5.41, 5.74) is 5.41. The van der Waals surface area contributed by atoms with E-state index in [4.69, 9.17) is 21.4 Å². The number of benzene rings is 2. The Balaban J connectivity index is 1.27. The van der Waals surface area contributed by atoms with E-state index >= 15 is 0 Å². The number of rotatable bonds is 7. The average Bonchev–Trinajstić information content (AvgIpc) is 3.35. The minimum Gasteiger partial charge on any atom is -0.467 e. The first-order valence-electron chi connectivity index (χ1n) is 12.1. The first-order chi connectivity index (χ1) is 16.6. The van der Waals surface area contributed by atoms with Crippen LogP contribution in [0.15, 0.2) is 65.3 Å². The van der Waals surface area contributed by atoms with Gasteiger partial charge in [0.2, 0.25) is 0 Å². The molecule has 1 aliphatic carbocycles. The summed E-state index contributed by atoms with van der Waals surface area (Å²) in [5.74, 6) is 0.556. The highest BCUT2D eigenvalue weighted by molar-refractivity contribution is 7.80. The van der Waals surface area contributed by atoms with Gasteiger partial charge >= 0.3 is 5.97 Å². The molecule has 6 heteroatoms. The first kappa shape index (κ1) is 25.0. The minimum absolute atomic E-state index is 0.0630. The van der Waals surface area contributed by atoms with Crippen LogP contribution in [0.5, 0.6) is 0 Å². The molecule has 0 amide bonds. The lowest BCUT2D eigenvalue weighted by molar-refractivity contribution is 0.0509. The van der Waals surface area contributed by atoms with E-state index in [0.29, 0.717) is 30.2 Å². The summed E-state index contributed by atoms with van der Waals surface area (Å²) in [6.45, 7) is 9.95. The molecule has 1 heterocycles. The van der Waals surface area contributed by atoms with Gasteiger partial charge in [0.15, 0.2) is 5.11 Å². The molecule has 0 bridgehead atoms. The van der Waals surface area contributed by atoms with E-state index in [9.17, 15) is 4.79 Å². The van der Waals surface area contributed by atoms with Crippen molar-refractivity contribution < 1.29 is 13.9 Å². The van der Waals surface area contributed by atoms with E-state index in [1.165, 1.54) is 11.1 Å². The molecule has 184 valence electrons. The van der Waals surface area contributed by atoms with Crippen molar-refractivity contribution in [2.75, 3.05) is 11.9 Å². The van der Waals surface area contributed by atoms with Crippen molar-refractivity contribution >= 4 is 29.0 Å². The van der Waals surface area contributed by atoms with Crippen LogP contribution in [0, 0.1) is 0 Å². The maximum Gasteiger partial charge on any atom is 0.338 e. The van der Waals surface area contributed by atoms with Gasteiger partial charge in [-0.1, -0.05) is 45.9 Å². The molecule has 0 unspecified atom stereocenters. The van der Waals surface area contributed by atoms with E-state index in [1.807, 2.05) is 48.5 Å². The topological polar surface area (TPSA) is 63.5 Å². The molecule has 4 rings (SSSR count). The zero-order valence-electron chi connectivity index (χ0n) is 20.9. The molecule has 0 saturated heterocycles. The number of carbonyl (C=O) groups is 1. The lowest BCUT2D eigenvalue weighted by Crippen LogP contribution is -2.34. The summed E-state index contributed by atoms with van der Waals surface area (Å²) in [5, 5.41) is 6.79. The molecule has 0 atom stereocenters. The van der Waals surface area contributed by atoms with E-state index in [2.05, 4.69) is 44.4 Å². The predicted molar refractivity (Wildman–Crippen MR) is 144 cm³/mol. The number of esters is 1. The van der Waals surface area contributed by atoms with Crippen LogP contribution in [-0.4, -0.2) is 17.7 Å². The van der Waals surface area contributed by atoms with Crippen LogP contribution in [0.25, 0.3) is 0 Å². The molecule has 1 aromatic heterocycles. The Morgan fingerprint density at radius 1 is 1.00 bits per heavy atom. The lowest BCUT2D eigenvalue weighted by atomic mass is 9.63. The standard InChI is InChI=1S/C29H34N2O3S/c1-28(2)14-15-29(3,4)25-18-21(9-12-24(25)28)26(32)34-17-13-20-7-10-22(11-8-20)31-27(35)30-19-23-6-5-16-33-23/h5-12,16,18H,13-15,17,19H2,1-4H3,(H2,30,31,35). The number of carbonyl (C=O) groups excluding carboxylic acids is 1. The number of hydrogen-bond acceptors (Lipinski definition) is 4. The summed E-state index contributed by atoms with van der Waals surface area (Å²) < 4.78 is 10.9. The highest BCUT2D eigenvalue weighted by Crippen LogP contribution is 2.45. The predicted octanol–water partition coefficient (Wildman–Crippen LogP) is 6.51. The van der Waals surface area contributed by atoms with E-state index < -0.39 is 0 Å². The van der Waals surface area contributed by atoms with Gasteiger partial charge < -0.3 is 19.8 Å². The molecule has 0 saturated carbocycles. The molecule has 0 spiro atoms. The Morgan fingerprint density at radius 3 is 2.40 bits per heavy atom. The average molecular weight is 491 g/mol. The Bertz CT molecular complexity index is 1180. The second kappa shape index (κ2) is 10.2. The van der Waals surface area contributed by atoms with Gasteiger partial charge in [0.25, 0.3) is 0 Å². The smallest absolute Gasteiger partial charge is 0.338 e. The lowest BCUT2D eigenvalue weighted by Gasteiger charge is -2.41. The van der Waals surface area contributed by atoms with Crippen LogP contribution in [0.1, 0.15) is 73.3 Å². The van der Waals surface area contributed by atoms with E-state index in [1.54, 1.807) is 6.26 Å². The van der Waals surface area contributed by atoms with Crippen molar-refractivity contribution in [1.82, 2.24) is 5.32 Å². The van der Waals surface area contributed by atoms with E-state index in [-0.39, 0.29) is 16.8 Å². The van der Waals surface area contributed by atoms with Gasteiger partial charge in [-0.25, -0.2) is 4.79 Å². The molecule has 2 N–H and O–H groups in total. The van der Waals surface area contributed by atoms with Gasteiger partial charge in [-0.15, -0.1) is 0 Å². The van der Waals surface area contributed by atoms with E-state index in [0.717, 1.165) is 29.9 Å². The number of hydrogen-bond donors (Lipinski definition) is 2. The molecule has 0 aliphatic heterocycles. The molecule has 35 heavy (non-hydrogen) atoms. The Labute approximate surface area is 213 Å². The van der Waals surface area contributed by atoms with Crippen LogP contribution < -0.4 is 10.6 Å². The molecular formula is C29H34N2O3S. The number of thiocarbonyl (C=S) groups is 1. The van der Waals surface area contributed by atoms with Gasteiger partial charge in [0.1, 0.15) is 5.76 Å². The van der Waals surface area contributed by atoms with Crippen LogP contribution >= 0.6 is 12.2 Å². The first-order valence-corrected chi connectivity index (χ1v) is 12.5. The van der Waals surface area contributed by atoms with Crippen molar-refractivity contribution in [3.05, 3.63) is 88.9 Å². The minimum atomic E-state index is -0.266. The second-order valence-corrected chi connectivity index (χ2v) is 10.9. The molecule has 3 aromatic rings. The summed E-state index contributed by atoms with van der Waals surface area (Å²) in [4.78, 5) is 12.8. The van der Waals surface area contributed by atoms with Crippen molar-refractivity contribution in [2.24, 2.45) is 0 Å². The number of furan rings is 1. The third-order valence-electron chi connectivity index (χ3n) is 6.93. The summed E-state index contributed by atoms with van der Waals surface area (Å²) in [6.07, 6.45) is 4.55. The quantitative estimate of drug-likeness (QED) is 0.291. The number of nitrogens with one attached hydrogen (secondary N) is 2. The largest absolute Gasteiger partial charge is 0.467 e. The fourth-order valence-electron chi connectivity index (χ4n) is 4.57. The van der Waals surface area contributed by atoms with Gasteiger partial charge in [0.05, 0.1) is 25.0 Å². The van der Waals surface area contributed by atoms with Crippen molar-refractivity contribution in [3.63, 3.8) is 0 Å². The maximum absolute atomic E-state index is 12.8. The van der Waals surface area contributed by atoms with Crippen molar-refractivity contribution in [2.45, 2.75) is 64.3 Å². The van der Waals surface area contributed by atoms with Gasteiger partial charge in [-0.3, -0.25) is 0 Å². The molecule has 2 aromatic carbocycles. The fraction of sp³-hybridized carbons (Fsp3) is 0.379. The van der Waals surface area contributed by atoms with Crippen LogP contribution in [0.3, 0.4) is 0 Å². The Kier molecular flexibility index (Phi) is 7.31. The monoisotopic (exact) mass is 490 g/mol. The zero-order valence-corrected chi connectivity index (χ0v) is 21.8.